The second kappa shape index (κ2) is 9.44. The summed E-state index contributed by atoms with van der Waals surface area (Å²) in [5.74, 6) is 1.21. The highest BCUT2D eigenvalue weighted by Crippen LogP contribution is 2.20. The van der Waals surface area contributed by atoms with Crippen LogP contribution in [0.3, 0.4) is 0 Å². The van der Waals surface area contributed by atoms with Crippen LogP contribution in [0.25, 0.3) is 0 Å². The van der Waals surface area contributed by atoms with Crippen molar-refractivity contribution in [1.29, 1.82) is 0 Å². The second-order valence-corrected chi connectivity index (χ2v) is 6.35. The van der Waals surface area contributed by atoms with Gasteiger partial charge in [-0.05, 0) is 26.0 Å². The van der Waals surface area contributed by atoms with E-state index in [1.165, 1.54) is 6.07 Å². The molecule has 0 saturated heterocycles. The van der Waals surface area contributed by atoms with Crippen molar-refractivity contribution < 1.29 is 13.9 Å². The van der Waals surface area contributed by atoms with Crippen molar-refractivity contribution in [3.05, 3.63) is 48.6 Å². The van der Waals surface area contributed by atoms with Crippen LogP contribution in [0.2, 0.25) is 0 Å². The number of rotatable bonds is 10. The highest BCUT2D eigenvalue weighted by Gasteiger charge is 2.13. The molecule has 0 aliphatic rings. The minimum atomic E-state index is -0.396. The van der Waals surface area contributed by atoms with Crippen molar-refractivity contribution in [2.45, 2.75) is 38.3 Å². The Bertz CT molecular complexity index is 661. The average Bonchev–Trinajstić information content (AvgIpc) is 2.93. The molecule has 0 amide bonds. The second-order valence-electron chi connectivity index (χ2n) is 5.29. The van der Waals surface area contributed by atoms with Gasteiger partial charge in [-0.15, -0.1) is 16.8 Å². The van der Waals surface area contributed by atoms with E-state index in [-0.39, 0.29) is 18.5 Å². The lowest BCUT2D eigenvalue weighted by molar-refractivity contribution is 0.0920. The van der Waals surface area contributed by atoms with E-state index in [0.29, 0.717) is 19.0 Å². The predicted molar refractivity (Wildman–Crippen MR) is 92.8 cm³/mol. The molecule has 0 aliphatic heterocycles. The summed E-state index contributed by atoms with van der Waals surface area (Å²) in [6.07, 6.45) is 1.98. The summed E-state index contributed by atoms with van der Waals surface area (Å²) in [6.45, 7) is 9.12. The highest BCUT2D eigenvalue weighted by atomic mass is 32.2. The number of hydrogen-bond donors (Lipinski definition) is 0. The number of benzene rings is 1. The molecule has 7 heteroatoms. The lowest BCUT2D eigenvalue weighted by Gasteiger charge is -2.10. The highest BCUT2D eigenvalue weighted by molar-refractivity contribution is 7.99. The summed E-state index contributed by atoms with van der Waals surface area (Å²) < 4.78 is 26.6. The number of nitrogens with zero attached hydrogens (tertiary/aromatic N) is 3. The first-order valence-electron chi connectivity index (χ1n) is 7.76. The van der Waals surface area contributed by atoms with Gasteiger partial charge in [0.2, 0.25) is 0 Å². The molecule has 0 saturated carbocycles. The SMILES string of the molecule is C=CCn1c(COc2ccccc2F)nnc1SCCOC(C)C. The summed E-state index contributed by atoms with van der Waals surface area (Å²) in [7, 11) is 0. The van der Waals surface area contributed by atoms with Crippen molar-refractivity contribution in [3.63, 3.8) is 0 Å². The van der Waals surface area contributed by atoms with Crippen molar-refractivity contribution in [3.8, 4) is 5.75 Å². The Morgan fingerprint density at radius 3 is 2.83 bits per heavy atom. The predicted octanol–water partition coefficient (Wildman–Crippen LogP) is 3.70. The van der Waals surface area contributed by atoms with Gasteiger partial charge in [0, 0.05) is 12.3 Å². The van der Waals surface area contributed by atoms with E-state index in [4.69, 9.17) is 9.47 Å². The normalized spacial score (nSPS) is 11.0. The third-order valence-electron chi connectivity index (χ3n) is 3.06. The fraction of sp³-hybridized carbons (Fsp3) is 0.412. The summed E-state index contributed by atoms with van der Waals surface area (Å²) in [5, 5.41) is 9.11. The fourth-order valence-electron chi connectivity index (χ4n) is 1.97. The molecular formula is C17H22FN3O2S. The van der Waals surface area contributed by atoms with Crippen molar-refractivity contribution >= 4 is 11.8 Å². The Hall–Kier alpha value is -1.86. The number of aromatic nitrogens is 3. The molecule has 24 heavy (non-hydrogen) atoms. The van der Waals surface area contributed by atoms with Gasteiger partial charge in [0.05, 0.1) is 12.7 Å². The van der Waals surface area contributed by atoms with E-state index in [9.17, 15) is 4.39 Å². The Labute approximate surface area is 145 Å². The molecule has 2 aromatic rings. The monoisotopic (exact) mass is 351 g/mol. The number of hydrogen-bond acceptors (Lipinski definition) is 5. The van der Waals surface area contributed by atoms with Gasteiger partial charge < -0.3 is 9.47 Å². The van der Waals surface area contributed by atoms with Crippen LogP contribution in [0.4, 0.5) is 4.39 Å². The van der Waals surface area contributed by atoms with Crippen LogP contribution < -0.4 is 4.74 Å². The standard InChI is InChI=1S/C17H22FN3O2S/c1-4-9-21-16(12-23-15-8-6-5-7-14(15)18)19-20-17(21)24-11-10-22-13(2)3/h4-8,13H,1,9-12H2,2-3H3. The zero-order valence-corrected chi connectivity index (χ0v) is 14.8. The molecule has 1 aromatic carbocycles. The van der Waals surface area contributed by atoms with Gasteiger partial charge in [0.1, 0.15) is 6.61 Å². The van der Waals surface area contributed by atoms with Gasteiger partial charge in [0.15, 0.2) is 22.5 Å². The summed E-state index contributed by atoms with van der Waals surface area (Å²) >= 11 is 1.56. The Morgan fingerprint density at radius 1 is 1.33 bits per heavy atom. The van der Waals surface area contributed by atoms with Crippen molar-refractivity contribution in [1.82, 2.24) is 14.8 Å². The number of halogens is 1. The van der Waals surface area contributed by atoms with Gasteiger partial charge in [0.25, 0.3) is 0 Å². The van der Waals surface area contributed by atoms with E-state index in [0.717, 1.165) is 10.9 Å². The van der Waals surface area contributed by atoms with Crippen molar-refractivity contribution in [2.24, 2.45) is 0 Å². The smallest absolute Gasteiger partial charge is 0.191 e. The average molecular weight is 351 g/mol. The zero-order valence-electron chi connectivity index (χ0n) is 13.9. The van der Waals surface area contributed by atoms with Gasteiger partial charge in [-0.2, -0.15) is 0 Å². The lowest BCUT2D eigenvalue weighted by Crippen LogP contribution is -2.09. The molecule has 1 aromatic heterocycles. The first kappa shape index (κ1) is 18.5. The minimum absolute atomic E-state index is 0.144. The molecule has 0 fully saturated rings. The molecule has 0 spiro atoms. The van der Waals surface area contributed by atoms with Crippen molar-refractivity contribution in [2.75, 3.05) is 12.4 Å². The molecule has 5 nitrogen and oxygen atoms in total. The summed E-state index contributed by atoms with van der Waals surface area (Å²) in [5.41, 5.74) is 0. The molecular weight excluding hydrogens is 329 g/mol. The molecule has 0 bridgehead atoms. The maximum atomic E-state index is 13.6. The third-order valence-corrected chi connectivity index (χ3v) is 4.00. The molecule has 1 heterocycles. The number of thioether (sulfide) groups is 1. The lowest BCUT2D eigenvalue weighted by atomic mass is 10.3. The quantitative estimate of drug-likeness (QED) is 0.371. The molecule has 0 aliphatic carbocycles. The van der Waals surface area contributed by atoms with Gasteiger partial charge in [-0.25, -0.2) is 4.39 Å². The molecule has 0 N–H and O–H groups in total. The minimum Gasteiger partial charge on any atom is -0.483 e. The van der Waals surface area contributed by atoms with Gasteiger partial charge >= 0.3 is 0 Å². The van der Waals surface area contributed by atoms with Crippen LogP contribution in [0, 0.1) is 5.82 Å². The maximum absolute atomic E-state index is 13.6. The molecule has 0 radical (unpaired) electrons. The zero-order chi connectivity index (χ0) is 17.4. The van der Waals surface area contributed by atoms with E-state index in [2.05, 4.69) is 16.8 Å². The number of ether oxygens (including phenoxy) is 2. The van der Waals surface area contributed by atoms with E-state index in [1.807, 2.05) is 18.4 Å². The van der Waals surface area contributed by atoms with Crippen LogP contribution in [0.5, 0.6) is 5.75 Å². The number of allylic oxidation sites excluding steroid dienone is 1. The Morgan fingerprint density at radius 2 is 2.12 bits per heavy atom. The summed E-state index contributed by atoms with van der Waals surface area (Å²) in [4.78, 5) is 0. The van der Waals surface area contributed by atoms with Crippen LogP contribution in [0.15, 0.2) is 42.1 Å². The van der Waals surface area contributed by atoms with E-state index >= 15 is 0 Å². The Balaban J connectivity index is 1.99. The van der Waals surface area contributed by atoms with Gasteiger partial charge in [-0.3, -0.25) is 4.57 Å². The Kier molecular flexibility index (Phi) is 7.27. The van der Waals surface area contributed by atoms with Crippen LogP contribution in [-0.2, 0) is 17.9 Å². The van der Waals surface area contributed by atoms with Crippen LogP contribution >= 0.6 is 11.8 Å². The third kappa shape index (κ3) is 5.35. The molecule has 0 atom stereocenters. The number of para-hydroxylation sites is 1. The van der Waals surface area contributed by atoms with Gasteiger partial charge in [-0.1, -0.05) is 30.0 Å². The van der Waals surface area contributed by atoms with Crippen LogP contribution in [-0.4, -0.2) is 33.2 Å². The first-order valence-corrected chi connectivity index (χ1v) is 8.75. The maximum Gasteiger partial charge on any atom is 0.191 e. The largest absolute Gasteiger partial charge is 0.483 e. The molecule has 0 unspecified atom stereocenters. The molecule has 2 rings (SSSR count). The first-order chi connectivity index (χ1) is 11.6. The van der Waals surface area contributed by atoms with Crippen LogP contribution in [0.1, 0.15) is 19.7 Å². The topological polar surface area (TPSA) is 49.2 Å². The van der Waals surface area contributed by atoms with E-state index < -0.39 is 5.82 Å². The van der Waals surface area contributed by atoms with E-state index in [1.54, 1.807) is 36.0 Å². The fourth-order valence-corrected chi connectivity index (χ4v) is 2.76. The molecule has 130 valence electrons. The summed E-state index contributed by atoms with van der Waals surface area (Å²) in [6, 6.07) is 6.29.